The monoisotopic (exact) mass is 409 g/mol. The molecule has 1 fully saturated rings. The van der Waals surface area contributed by atoms with Crippen molar-refractivity contribution in [2.24, 2.45) is 0 Å². The zero-order valence-electron chi connectivity index (χ0n) is 16.3. The Hall–Kier alpha value is -2.74. The minimum atomic E-state index is -4.45. The third-order valence-corrected chi connectivity index (χ3v) is 5.16. The fourth-order valence-electron chi connectivity index (χ4n) is 3.79. The molecule has 2 aromatic rings. The molecule has 0 saturated carbocycles. The van der Waals surface area contributed by atoms with Crippen LogP contribution in [0.25, 0.3) is 0 Å². The number of carbonyl (C=O) groups excluding carboxylic acids is 1. The highest BCUT2D eigenvalue weighted by Crippen LogP contribution is 2.32. The molecular weight excluding hydrogens is 385 g/mol. The van der Waals surface area contributed by atoms with Crippen molar-refractivity contribution in [2.75, 3.05) is 32.6 Å². The van der Waals surface area contributed by atoms with Gasteiger partial charge in [0, 0.05) is 24.6 Å². The van der Waals surface area contributed by atoms with Crippen LogP contribution in [-0.2, 0) is 11.0 Å². The molecule has 0 bridgehead atoms. The molecule has 1 heterocycles. The van der Waals surface area contributed by atoms with Gasteiger partial charge in [0.05, 0.1) is 31.9 Å². The van der Waals surface area contributed by atoms with Gasteiger partial charge in [-0.05, 0) is 30.3 Å². The smallest absolute Gasteiger partial charge is 0.416 e. The first-order chi connectivity index (χ1) is 13.8. The summed E-state index contributed by atoms with van der Waals surface area (Å²) in [7, 11) is 3.17. The van der Waals surface area contributed by atoms with Gasteiger partial charge in [-0.1, -0.05) is 6.07 Å². The molecule has 2 aromatic carbocycles. The first-order valence-corrected chi connectivity index (χ1v) is 9.35. The fraction of sp³-hybridized carbons (Fsp3) is 0.381. The van der Waals surface area contributed by atoms with E-state index >= 15 is 0 Å². The molecule has 3 rings (SSSR count). The zero-order chi connectivity index (χ0) is 21.0. The van der Waals surface area contributed by atoms with E-state index in [1.54, 1.807) is 14.2 Å². The number of ether oxygens (including phenoxy) is 2. The molecule has 8 heteroatoms. The standard InChI is InChI=1S/C21H23F3N2O3/c1-28-16-8-9-17(19(12-16)29-2)18-7-4-10-26(18)13-20(27)25-15-6-3-5-14(11-15)21(22,23)24/h3,5-6,8-9,11-12,18H,4,7,10,13H2,1-2H3,(H,25,27)/p+1/t18-/m1/s1. The van der Waals surface area contributed by atoms with E-state index in [2.05, 4.69) is 5.32 Å². The minimum absolute atomic E-state index is 0.0723. The van der Waals surface area contributed by atoms with Gasteiger partial charge >= 0.3 is 6.18 Å². The van der Waals surface area contributed by atoms with Crippen LogP contribution in [0.3, 0.4) is 0 Å². The van der Waals surface area contributed by atoms with Crippen LogP contribution < -0.4 is 19.7 Å². The van der Waals surface area contributed by atoms with Crippen molar-refractivity contribution < 1.29 is 32.3 Å². The minimum Gasteiger partial charge on any atom is -0.497 e. The number of hydrogen-bond acceptors (Lipinski definition) is 3. The number of quaternary nitrogens is 1. The number of likely N-dealkylation sites (tertiary alicyclic amines) is 1. The summed E-state index contributed by atoms with van der Waals surface area (Å²) in [5.74, 6) is 1.07. The van der Waals surface area contributed by atoms with E-state index in [-0.39, 0.29) is 24.2 Å². The number of anilines is 1. The number of benzene rings is 2. The summed E-state index contributed by atoms with van der Waals surface area (Å²) >= 11 is 0. The molecule has 1 saturated heterocycles. The summed E-state index contributed by atoms with van der Waals surface area (Å²) in [6.45, 7) is 0.964. The zero-order valence-corrected chi connectivity index (χ0v) is 16.3. The first-order valence-electron chi connectivity index (χ1n) is 9.35. The molecule has 0 aromatic heterocycles. The molecule has 2 atom stereocenters. The SMILES string of the molecule is COc1ccc([C@H]2CCC[NH+]2CC(=O)Nc2cccc(C(F)(F)F)c2)c(OC)c1. The van der Waals surface area contributed by atoms with E-state index in [0.717, 1.165) is 42.0 Å². The molecule has 156 valence electrons. The van der Waals surface area contributed by atoms with Gasteiger partial charge in [0.25, 0.3) is 5.91 Å². The normalized spacial score (nSPS) is 19.1. The number of methoxy groups -OCH3 is 2. The largest absolute Gasteiger partial charge is 0.497 e. The highest BCUT2D eigenvalue weighted by atomic mass is 19.4. The Morgan fingerprint density at radius 2 is 1.97 bits per heavy atom. The molecule has 1 unspecified atom stereocenters. The van der Waals surface area contributed by atoms with Crippen molar-refractivity contribution in [3.05, 3.63) is 53.6 Å². The molecule has 1 aliphatic heterocycles. The molecule has 29 heavy (non-hydrogen) atoms. The Balaban J connectivity index is 1.71. The van der Waals surface area contributed by atoms with Crippen molar-refractivity contribution in [1.29, 1.82) is 0 Å². The Kier molecular flexibility index (Phi) is 6.32. The summed E-state index contributed by atoms with van der Waals surface area (Å²) < 4.78 is 49.3. The Labute approximate surface area is 167 Å². The second-order valence-electron chi connectivity index (χ2n) is 7.01. The third-order valence-electron chi connectivity index (χ3n) is 5.16. The summed E-state index contributed by atoms with van der Waals surface area (Å²) in [4.78, 5) is 13.6. The average molecular weight is 409 g/mol. The Bertz CT molecular complexity index is 870. The Morgan fingerprint density at radius 3 is 2.66 bits per heavy atom. The van der Waals surface area contributed by atoms with Gasteiger partial charge in [0.1, 0.15) is 17.5 Å². The Morgan fingerprint density at radius 1 is 1.17 bits per heavy atom. The molecule has 1 aliphatic rings. The molecule has 0 aliphatic carbocycles. The number of amides is 1. The highest BCUT2D eigenvalue weighted by Gasteiger charge is 2.34. The molecular formula is C21H24F3N2O3+. The van der Waals surface area contributed by atoms with Crippen LogP contribution in [-0.4, -0.2) is 33.2 Å². The number of rotatable bonds is 6. The predicted molar refractivity (Wildman–Crippen MR) is 102 cm³/mol. The van der Waals surface area contributed by atoms with Crippen LogP contribution >= 0.6 is 0 Å². The van der Waals surface area contributed by atoms with Crippen LogP contribution in [0.5, 0.6) is 11.5 Å². The number of carbonyl (C=O) groups is 1. The second kappa shape index (κ2) is 8.73. The molecule has 2 N–H and O–H groups in total. The van der Waals surface area contributed by atoms with Gasteiger partial charge in [0.2, 0.25) is 0 Å². The quantitative estimate of drug-likeness (QED) is 0.771. The second-order valence-corrected chi connectivity index (χ2v) is 7.01. The number of hydrogen-bond donors (Lipinski definition) is 2. The van der Waals surface area contributed by atoms with Crippen LogP contribution in [0.1, 0.15) is 30.0 Å². The van der Waals surface area contributed by atoms with Crippen molar-refractivity contribution in [3.63, 3.8) is 0 Å². The van der Waals surface area contributed by atoms with Crippen LogP contribution in [0.15, 0.2) is 42.5 Å². The highest BCUT2D eigenvalue weighted by molar-refractivity contribution is 5.91. The lowest BCUT2D eigenvalue weighted by Gasteiger charge is -2.23. The number of halogens is 3. The van der Waals surface area contributed by atoms with Crippen LogP contribution in [0.4, 0.5) is 18.9 Å². The lowest BCUT2D eigenvalue weighted by Crippen LogP contribution is -3.11. The van der Waals surface area contributed by atoms with Gasteiger partial charge in [-0.2, -0.15) is 13.2 Å². The van der Waals surface area contributed by atoms with Crippen LogP contribution in [0, 0.1) is 0 Å². The van der Waals surface area contributed by atoms with Crippen molar-refractivity contribution >= 4 is 11.6 Å². The summed E-state index contributed by atoms with van der Waals surface area (Å²) in [5, 5.41) is 2.59. The van der Waals surface area contributed by atoms with E-state index in [1.165, 1.54) is 12.1 Å². The number of nitrogens with one attached hydrogen (secondary N) is 2. The van der Waals surface area contributed by atoms with Crippen molar-refractivity contribution in [3.8, 4) is 11.5 Å². The van der Waals surface area contributed by atoms with E-state index in [9.17, 15) is 18.0 Å². The first kappa shape index (κ1) is 21.0. The topological polar surface area (TPSA) is 52.0 Å². The summed E-state index contributed by atoms with van der Waals surface area (Å²) in [6.07, 6.45) is -2.60. The summed E-state index contributed by atoms with van der Waals surface area (Å²) in [5.41, 5.74) is 0.347. The van der Waals surface area contributed by atoms with Crippen molar-refractivity contribution in [2.45, 2.75) is 25.1 Å². The maximum absolute atomic E-state index is 12.9. The predicted octanol–water partition coefficient (Wildman–Crippen LogP) is 3.08. The molecule has 0 spiro atoms. The maximum atomic E-state index is 12.9. The molecule has 0 radical (unpaired) electrons. The van der Waals surface area contributed by atoms with E-state index in [0.29, 0.717) is 11.5 Å². The third kappa shape index (κ3) is 5.00. The maximum Gasteiger partial charge on any atom is 0.416 e. The van der Waals surface area contributed by atoms with Gasteiger partial charge in [-0.25, -0.2) is 0 Å². The van der Waals surface area contributed by atoms with Crippen molar-refractivity contribution in [1.82, 2.24) is 0 Å². The van der Waals surface area contributed by atoms with Gasteiger partial charge in [-0.15, -0.1) is 0 Å². The molecule has 1 amide bonds. The van der Waals surface area contributed by atoms with Gasteiger partial charge < -0.3 is 19.7 Å². The summed E-state index contributed by atoms with van der Waals surface area (Å²) in [6, 6.07) is 10.4. The van der Waals surface area contributed by atoms with E-state index in [1.807, 2.05) is 18.2 Å². The van der Waals surface area contributed by atoms with Gasteiger partial charge in [0.15, 0.2) is 6.54 Å². The van der Waals surface area contributed by atoms with E-state index in [4.69, 9.17) is 9.47 Å². The van der Waals surface area contributed by atoms with E-state index < -0.39 is 11.7 Å². The fourth-order valence-corrected chi connectivity index (χ4v) is 3.79. The number of alkyl halides is 3. The molecule has 5 nitrogen and oxygen atoms in total. The lowest BCUT2D eigenvalue weighted by atomic mass is 10.0. The van der Waals surface area contributed by atoms with Gasteiger partial charge in [-0.3, -0.25) is 4.79 Å². The lowest BCUT2D eigenvalue weighted by molar-refractivity contribution is -0.910. The average Bonchev–Trinajstić information content (AvgIpc) is 3.14. The van der Waals surface area contributed by atoms with Crippen LogP contribution in [0.2, 0.25) is 0 Å².